The minimum atomic E-state index is -1.07. The van der Waals surface area contributed by atoms with Gasteiger partial charge in [-0.15, -0.1) is 0 Å². The predicted molar refractivity (Wildman–Crippen MR) is 99.2 cm³/mol. The minimum Gasteiger partial charge on any atom is -0.478 e. The quantitative estimate of drug-likeness (QED) is 0.774. The van der Waals surface area contributed by atoms with Crippen molar-refractivity contribution in [3.63, 3.8) is 0 Å². The summed E-state index contributed by atoms with van der Waals surface area (Å²) in [6.45, 7) is 0.249. The third-order valence-corrected chi connectivity index (χ3v) is 4.40. The van der Waals surface area contributed by atoms with Crippen LogP contribution in [0.25, 0.3) is 0 Å². The Morgan fingerprint density at radius 3 is 2.59 bits per heavy atom. The fraction of sp³-hybridized carbons (Fsp3) is 0.350. The first-order chi connectivity index (χ1) is 13.0. The van der Waals surface area contributed by atoms with E-state index in [4.69, 9.17) is 9.47 Å². The van der Waals surface area contributed by atoms with Crippen molar-refractivity contribution in [2.75, 3.05) is 12.4 Å². The van der Waals surface area contributed by atoms with Crippen LogP contribution < -0.4 is 10.1 Å². The number of amides is 1. The van der Waals surface area contributed by atoms with Gasteiger partial charge in [-0.3, -0.25) is 4.79 Å². The van der Waals surface area contributed by atoms with Gasteiger partial charge in [0, 0.05) is 25.1 Å². The zero-order chi connectivity index (χ0) is 19.2. The zero-order valence-electron chi connectivity index (χ0n) is 15.1. The summed E-state index contributed by atoms with van der Waals surface area (Å²) in [5, 5.41) is 11.9. The number of pyridine rings is 1. The number of nitrogens with zero attached hydrogens (tertiary/aromatic N) is 1. The molecule has 0 atom stereocenters. The number of carboxylic acid groups (broad SMARTS) is 1. The van der Waals surface area contributed by atoms with Crippen molar-refractivity contribution < 1.29 is 24.2 Å². The molecule has 0 unspecified atom stereocenters. The van der Waals surface area contributed by atoms with Gasteiger partial charge in [0.2, 0.25) is 5.88 Å². The summed E-state index contributed by atoms with van der Waals surface area (Å²) >= 11 is 0. The Morgan fingerprint density at radius 1 is 1.19 bits per heavy atom. The van der Waals surface area contributed by atoms with Crippen molar-refractivity contribution in [3.05, 3.63) is 53.2 Å². The summed E-state index contributed by atoms with van der Waals surface area (Å²) in [6, 6.07) is 7.92. The summed E-state index contributed by atoms with van der Waals surface area (Å²) in [4.78, 5) is 27.9. The molecule has 1 saturated carbocycles. The highest BCUT2D eigenvalue weighted by molar-refractivity contribution is 6.04. The number of ether oxygens (including phenoxy) is 2. The average molecular weight is 370 g/mol. The first kappa shape index (κ1) is 18.8. The number of methoxy groups -OCH3 is 1. The molecule has 7 nitrogen and oxygen atoms in total. The van der Waals surface area contributed by atoms with Crippen LogP contribution in [0.5, 0.6) is 5.88 Å². The molecule has 1 fully saturated rings. The molecular formula is C20H22N2O5. The van der Waals surface area contributed by atoms with E-state index in [-0.39, 0.29) is 24.2 Å². The summed E-state index contributed by atoms with van der Waals surface area (Å²) in [6.07, 6.45) is 6.07. The number of nitrogens with one attached hydrogen (secondary N) is 1. The number of hydrogen-bond donors (Lipinski definition) is 2. The summed E-state index contributed by atoms with van der Waals surface area (Å²) in [7, 11) is 1.52. The number of rotatable bonds is 7. The Hall–Kier alpha value is -2.93. The molecule has 0 spiro atoms. The molecule has 0 bridgehead atoms. The monoisotopic (exact) mass is 370 g/mol. The van der Waals surface area contributed by atoms with Gasteiger partial charge in [0.05, 0.1) is 17.7 Å². The van der Waals surface area contributed by atoms with Crippen molar-refractivity contribution in [2.45, 2.75) is 38.4 Å². The van der Waals surface area contributed by atoms with Gasteiger partial charge in [0.25, 0.3) is 5.91 Å². The summed E-state index contributed by atoms with van der Waals surface area (Å²) in [5.41, 5.74) is 1.49. The molecule has 2 N–H and O–H groups in total. The van der Waals surface area contributed by atoms with Crippen LogP contribution in [0, 0.1) is 0 Å². The van der Waals surface area contributed by atoms with E-state index in [1.54, 1.807) is 18.2 Å². The van der Waals surface area contributed by atoms with Crippen LogP contribution in [-0.4, -0.2) is 35.2 Å². The normalized spacial score (nSPS) is 14.1. The Labute approximate surface area is 157 Å². The lowest BCUT2D eigenvalue weighted by atomic mass is 10.1. The van der Waals surface area contributed by atoms with Gasteiger partial charge in [-0.25, -0.2) is 9.78 Å². The molecule has 1 heterocycles. The van der Waals surface area contributed by atoms with Gasteiger partial charge < -0.3 is 19.9 Å². The second kappa shape index (κ2) is 8.64. The Morgan fingerprint density at radius 2 is 1.96 bits per heavy atom. The van der Waals surface area contributed by atoms with Crippen molar-refractivity contribution in [1.82, 2.24) is 4.98 Å². The first-order valence-electron chi connectivity index (χ1n) is 8.85. The second-order valence-electron chi connectivity index (χ2n) is 6.52. The number of carbonyl (C=O) groups excluding carboxylic acids is 1. The molecular weight excluding hydrogens is 348 g/mol. The molecule has 1 amide bonds. The molecule has 0 aliphatic heterocycles. The van der Waals surface area contributed by atoms with Crippen molar-refractivity contribution in [2.24, 2.45) is 0 Å². The van der Waals surface area contributed by atoms with Crippen LogP contribution >= 0.6 is 0 Å². The molecule has 3 rings (SSSR count). The third kappa shape index (κ3) is 5.04. The molecule has 1 aromatic heterocycles. The molecule has 142 valence electrons. The van der Waals surface area contributed by atoms with Crippen molar-refractivity contribution in [1.29, 1.82) is 0 Å². The summed E-state index contributed by atoms with van der Waals surface area (Å²) in [5.74, 6) is -0.937. The number of aromatic nitrogens is 1. The molecule has 27 heavy (non-hydrogen) atoms. The predicted octanol–water partition coefficient (Wildman–Crippen LogP) is 3.50. The van der Waals surface area contributed by atoms with E-state index in [1.165, 1.54) is 38.3 Å². The number of carboxylic acids is 1. The maximum absolute atomic E-state index is 12.4. The van der Waals surface area contributed by atoms with Crippen molar-refractivity contribution >= 4 is 17.6 Å². The number of hydrogen-bond acceptors (Lipinski definition) is 5. The lowest BCUT2D eigenvalue weighted by Gasteiger charge is -2.12. The lowest BCUT2D eigenvalue weighted by Crippen LogP contribution is -2.15. The van der Waals surface area contributed by atoms with Crippen molar-refractivity contribution in [3.8, 4) is 5.88 Å². The van der Waals surface area contributed by atoms with E-state index in [0.717, 1.165) is 12.8 Å². The van der Waals surface area contributed by atoms with Crippen LogP contribution in [0.15, 0.2) is 36.5 Å². The fourth-order valence-corrected chi connectivity index (χ4v) is 3.10. The number of anilines is 1. The highest BCUT2D eigenvalue weighted by Gasteiger charge is 2.17. The van der Waals surface area contributed by atoms with Crippen LogP contribution in [0.2, 0.25) is 0 Å². The number of carbonyl (C=O) groups is 2. The number of aromatic carboxylic acids is 1. The Balaban J connectivity index is 1.69. The second-order valence-corrected chi connectivity index (χ2v) is 6.52. The topological polar surface area (TPSA) is 97.8 Å². The van der Waals surface area contributed by atoms with E-state index in [9.17, 15) is 14.7 Å². The van der Waals surface area contributed by atoms with E-state index in [2.05, 4.69) is 10.3 Å². The maximum Gasteiger partial charge on any atom is 0.335 e. The summed E-state index contributed by atoms with van der Waals surface area (Å²) < 4.78 is 10.8. The molecule has 1 aromatic carbocycles. The number of benzene rings is 1. The van der Waals surface area contributed by atoms with Gasteiger partial charge in [-0.1, -0.05) is 0 Å². The standard InChI is InChI=1S/C20H22N2O5/c1-26-12-13-8-15(20(24)25)10-16(9-13)22-19(23)14-6-7-18(21-11-14)27-17-4-2-3-5-17/h6-11,17H,2-5,12H2,1H3,(H,22,23)(H,24,25). The molecule has 1 aliphatic rings. The first-order valence-corrected chi connectivity index (χ1v) is 8.85. The van der Waals surface area contributed by atoms with Crippen LogP contribution in [0.3, 0.4) is 0 Å². The van der Waals surface area contributed by atoms with E-state index < -0.39 is 5.97 Å². The van der Waals surface area contributed by atoms with Gasteiger partial charge in [0.1, 0.15) is 6.10 Å². The van der Waals surface area contributed by atoms with Gasteiger partial charge in [-0.05, 0) is 55.5 Å². The van der Waals surface area contributed by atoms with Crippen LogP contribution in [-0.2, 0) is 11.3 Å². The molecule has 2 aromatic rings. The fourth-order valence-electron chi connectivity index (χ4n) is 3.10. The average Bonchev–Trinajstić information content (AvgIpc) is 3.15. The Kier molecular flexibility index (Phi) is 6.03. The largest absolute Gasteiger partial charge is 0.478 e. The third-order valence-electron chi connectivity index (χ3n) is 4.40. The molecule has 1 aliphatic carbocycles. The molecule has 0 saturated heterocycles. The smallest absolute Gasteiger partial charge is 0.335 e. The van der Waals surface area contributed by atoms with Crippen LogP contribution in [0.4, 0.5) is 5.69 Å². The molecule has 0 radical (unpaired) electrons. The minimum absolute atomic E-state index is 0.0817. The van der Waals surface area contributed by atoms with Gasteiger partial charge in [0.15, 0.2) is 0 Å². The Bertz CT molecular complexity index is 814. The van der Waals surface area contributed by atoms with E-state index in [0.29, 0.717) is 22.7 Å². The lowest BCUT2D eigenvalue weighted by molar-refractivity contribution is 0.0696. The van der Waals surface area contributed by atoms with Gasteiger partial charge in [-0.2, -0.15) is 0 Å². The van der Waals surface area contributed by atoms with E-state index in [1.807, 2.05) is 0 Å². The van der Waals surface area contributed by atoms with Gasteiger partial charge >= 0.3 is 5.97 Å². The zero-order valence-corrected chi connectivity index (χ0v) is 15.1. The SMILES string of the molecule is COCc1cc(NC(=O)c2ccc(OC3CCCC3)nc2)cc(C(=O)O)c1. The highest BCUT2D eigenvalue weighted by atomic mass is 16.5. The van der Waals surface area contributed by atoms with Crippen LogP contribution in [0.1, 0.15) is 52.0 Å². The highest BCUT2D eigenvalue weighted by Crippen LogP contribution is 2.23. The van der Waals surface area contributed by atoms with E-state index >= 15 is 0 Å². The molecule has 7 heteroatoms. The maximum atomic E-state index is 12.4.